The monoisotopic (exact) mass is 639 g/mol. The fraction of sp³-hybridized carbons (Fsp3) is 0.122. The van der Waals surface area contributed by atoms with Crippen molar-refractivity contribution in [2.45, 2.75) is 38.5 Å². The molecule has 8 aromatic rings. The lowest BCUT2D eigenvalue weighted by Gasteiger charge is -2.24. The van der Waals surface area contributed by atoms with E-state index in [4.69, 9.17) is 4.98 Å². The van der Waals surface area contributed by atoms with Crippen molar-refractivity contribution in [3.63, 3.8) is 0 Å². The van der Waals surface area contributed by atoms with E-state index in [0.29, 0.717) is 0 Å². The van der Waals surface area contributed by atoms with Crippen LogP contribution in [0.5, 0.6) is 0 Å². The largest absolute Gasteiger partial charge is 0.264 e. The normalized spacial score (nSPS) is 14.7. The zero-order chi connectivity index (χ0) is 33.8. The molecule has 1 heteroatoms. The van der Waals surface area contributed by atoms with Crippen LogP contribution < -0.4 is 0 Å². The van der Waals surface area contributed by atoms with Gasteiger partial charge in [0.1, 0.15) is 0 Å². The smallest absolute Gasteiger partial charge is 0.0353 e. The molecule has 1 aromatic heterocycles. The van der Waals surface area contributed by atoms with E-state index in [1.54, 1.807) is 0 Å². The lowest BCUT2D eigenvalue weighted by atomic mass is 9.79. The van der Waals surface area contributed by atoms with Crippen LogP contribution in [-0.2, 0) is 10.8 Å². The van der Waals surface area contributed by atoms with E-state index >= 15 is 0 Å². The maximum absolute atomic E-state index is 4.75. The minimum Gasteiger partial charge on any atom is -0.264 e. The second kappa shape index (κ2) is 10.4. The molecule has 10 rings (SSSR count). The summed E-state index contributed by atoms with van der Waals surface area (Å²) in [5.41, 5.74) is 18.2. The van der Waals surface area contributed by atoms with Crippen molar-refractivity contribution in [2.75, 3.05) is 0 Å². The van der Waals surface area contributed by atoms with Crippen LogP contribution in [0.4, 0.5) is 0 Å². The van der Waals surface area contributed by atoms with Gasteiger partial charge in [-0.05, 0) is 118 Å². The minimum absolute atomic E-state index is 0.0823. The van der Waals surface area contributed by atoms with Gasteiger partial charge in [-0.15, -0.1) is 0 Å². The third kappa shape index (κ3) is 3.98. The summed E-state index contributed by atoms with van der Waals surface area (Å²) < 4.78 is 0. The van der Waals surface area contributed by atoms with E-state index in [1.807, 2.05) is 6.20 Å². The molecule has 0 saturated heterocycles. The van der Waals surface area contributed by atoms with Gasteiger partial charge in [0.15, 0.2) is 0 Å². The number of hydrogen-bond acceptors (Lipinski definition) is 1. The van der Waals surface area contributed by atoms with Gasteiger partial charge < -0.3 is 0 Å². The predicted molar refractivity (Wildman–Crippen MR) is 211 cm³/mol. The maximum atomic E-state index is 4.75. The highest BCUT2D eigenvalue weighted by Gasteiger charge is 2.37. The number of fused-ring (bicyclic) bond motifs is 8. The topological polar surface area (TPSA) is 12.9 Å². The van der Waals surface area contributed by atoms with Gasteiger partial charge >= 0.3 is 0 Å². The predicted octanol–water partition coefficient (Wildman–Crippen LogP) is 13.0. The lowest BCUT2D eigenvalue weighted by molar-refractivity contribution is 0.660. The molecule has 1 nitrogen and oxygen atoms in total. The molecule has 238 valence electrons. The molecule has 1 heterocycles. The molecule has 50 heavy (non-hydrogen) atoms. The van der Waals surface area contributed by atoms with Crippen molar-refractivity contribution in [3.05, 3.63) is 174 Å². The Morgan fingerprint density at radius 2 is 0.860 bits per heavy atom. The van der Waals surface area contributed by atoms with Crippen LogP contribution in [0.3, 0.4) is 0 Å². The Balaban J connectivity index is 1.28. The molecule has 2 aliphatic carbocycles. The number of benzene rings is 7. The molecule has 2 aliphatic rings. The Hall–Kier alpha value is -5.79. The second-order valence-electron chi connectivity index (χ2n) is 15.2. The number of aromatic nitrogens is 1. The SMILES string of the molecule is CC1(C)c2ccccc2-c2ccc(-c3c4ccc(-c5ccccc5)cc4c(-c4ccc5c(c4)C(C)(C)c4ccccc4-5)c4ccncc34)cc21. The van der Waals surface area contributed by atoms with E-state index in [-0.39, 0.29) is 10.8 Å². The number of hydrogen-bond donors (Lipinski definition) is 0. The number of nitrogens with zero attached hydrogens (tertiary/aromatic N) is 1. The summed E-state index contributed by atoms with van der Waals surface area (Å²) in [5.74, 6) is 0. The molecule has 0 amide bonds. The molecule has 0 bridgehead atoms. The molecule has 0 unspecified atom stereocenters. The van der Waals surface area contributed by atoms with Gasteiger partial charge in [-0.3, -0.25) is 4.98 Å². The van der Waals surface area contributed by atoms with Gasteiger partial charge in [0.25, 0.3) is 0 Å². The minimum atomic E-state index is -0.0843. The van der Waals surface area contributed by atoms with Crippen LogP contribution in [0.1, 0.15) is 49.9 Å². The van der Waals surface area contributed by atoms with Crippen molar-refractivity contribution in [1.29, 1.82) is 0 Å². The summed E-state index contributed by atoms with van der Waals surface area (Å²) in [7, 11) is 0. The molecule has 0 atom stereocenters. The highest BCUT2D eigenvalue weighted by Crippen LogP contribution is 2.53. The van der Waals surface area contributed by atoms with E-state index in [1.165, 1.54) is 99.4 Å². The van der Waals surface area contributed by atoms with Crippen molar-refractivity contribution in [1.82, 2.24) is 4.98 Å². The van der Waals surface area contributed by atoms with Gasteiger partial charge in [0, 0.05) is 28.6 Å². The van der Waals surface area contributed by atoms with Gasteiger partial charge in [0.05, 0.1) is 0 Å². The highest BCUT2D eigenvalue weighted by molar-refractivity contribution is 6.22. The van der Waals surface area contributed by atoms with Gasteiger partial charge in [0.2, 0.25) is 0 Å². The van der Waals surface area contributed by atoms with E-state index in [0.717, 1.165) is 0 Å². The number of pyridine rings is 1. The summed E-state index contributed by atoms with van der Waals surface area (Å²) in [6.07, 6.45) is 4.04. The summed E-state index contributed by atoms with van der Waals surface area (Å²) in [5, 5.41) is 4.91. The van der Waals surface area contributed by atoms with Crippen molar-refractivity contribution >= 4 is 21.5 Å². The lowest BCUT2D eigenvalue weighted by Crippen LogP contribution is -2.15. The van der Waals surface area contributed by atoms with Crippen LogP contribution in [0.15, 0.2) is 152 Å². The fourth-order valence-electron chi connectivity index (χ4n) is 9.22. The molecular weight excluding hydrogens is 603 g/mol. The first kappa shape index (κ1) is 29.2. The molecule has 0 aliphatic heterocycles. The maximum Gasteiger partial charge on any atom is 0.0353 e. The third-order valence-corrected chi connectivity index (χ3v) is 11.8. The Morgan fingerprint density at radius 1 is 0.360 bits per heavy atom. The fourth-order valence-corrected chi connectivity index (χ4v) is 9.22. The summed E-state index contributed by atoms with van der Waals surface area (Å²) in [4.78, 5) is 4.75. The van der Waals surface area contributed by atoms with Crippen LogP contribution in [0, 0.1) is 0 Å². The average molecular weight is 640 g/mol. The van der Waals surface area contributed by atoms with Crippen molar-refractivity contribution < 1.29 is 0 Å². The zero-order valence-electron chi connectivity index (χ0n) is 28.9. The van der Waals surface area contributed by atoms with Crippen molar-refractivity contribution in [3.8, 4) is 55.6 Å². The first-order valence-electron chi connectivity index (χ1n) is 17.7. The molecule has 0 fully saturated rings. The van der Waals surface area contributed by atoms with E-state index in [9.17, 15) is 0 Å². The average Bonchev–Trinajstić information content (AvgIpc) is 3.53. The molecule has 0 radical (unpaired) electrons. The first-order chi connectivity index (χ1) is 24.3. The highest BCUT2D eigenvalue weighted by atomic mass is 14.6. The zero-order valence-corrected chi connectivity index (χ0v) is 28.9. The van der Waals surface area contributed by atoms with Gasteiger partial charge in [-0.25, -0.2) is 0 Å². The van der Waals surface area contributed by atoms with Crippen LogP contribution in [0.2, 0.25) is 0 Å². The molecule has 7 aromatic carbocycles. The van der Waals surface area contributed by atoms with Gasteiger partial charge in [-0.2, -0.15) is 0 Å². The Bertz CT molecular complexity index is 2690. The third-order valence-electron chi connectivity index (χ3n) is 11.8. The van der Waals surface area contributed by atoms with Crippen LogP contribution in [0.25, 0.3) is 77.2 Å². The summed E-state index contributed by atoms with van der Waals surface area (Å²) in [6.45, 7) is 9.46. The van der Waals surface area contributed by atoms with E-state index in [2.05, 4.69) is 173 Å². The van der Waals surface area contributed by atoms with Crippen LogP contribution >= 0.6 is 0 Å². The van der Waals surface area contributed by atoms with Crippen LogP contribution in [-0.4, -0.2) is 4.98 Å². The molecule has 0 saturated carbocycles. The number of rotatable bonds is 3. The molecule has 0 spiro atoms. The standard InChI is InChI=1S/C49H37N/c1-48(2)42-16-10-8-14-34(42)36-21-19-32(27-44(36)48)46-39-24-25-50-29-41(39)47(38-23-18-31(26-40(38)46)30-12-6-5-7-13-30)33-20-22-37-35-15-9-11-17-43(35)49(3,4)45(37)28-33/h5-29H,1-4H3. The Labute approximate surface area is 293 Å². The molecular formula is C49H37N. The van der Waals surface area contributed by atoms with E-state index < -0.39 is 0 Å². The second-order valence-corrected chi connectivity index (χ2v) is 15.2. The first-order valence-corrected chi connectivity index (χ1v) is 17.7. The summed E-state index contributed by atoms with van der Waals surface area (Å²) in [6, 6.07) is 52.1. The van der Waals surface area contributed by atoms with Crippen molar-refractivity contribution in [2.24, 2.45) is 0 Å². The summed E-state index contributed by atoms with van der Waals surface area (Å²) >= 11 is 0. The Morgan fingerprint density at radius 3 is 1.48 bits per heavy atom. The molecule has 0 N–H and O–H groups in total. The van der Waals surface area contributed by atoms with Gasteiger partial charge in [-0.1, -0.05) is 143 Å². The Kier molecular flexibility index (Phi) is 6.04. The quantitative estimate of drug-likeness (QED) is 0.175.